The average Bonchev–Trinajstić information content (AvgIpc) is 3.54. The lowest BCUT2D eigenvalue weighted by molar-refractivity contribution is 0.487. The van der Waals surface area contributed by atoms with Crippen molar-refractivity contribution in [3.63, 3.8) is 0 Å². The minimum atomic E-state index is 0.901. The van der Waals surface area contributed by atoms with E-state index in [2.05, 4.69) is 180 Å². The molecule has 10 aromatic rings. The molecule has 232 valence electrons. The van der Waals surface area contributed by atoms with Gasteiger partial charge in [0.1, 0.15) is 11.5 Å². The Morgan fingerprint density at radius 1 is 0.340 bits per heavy atom. The molecule has 0 spiro atoms. The minimum absolute atomic E-state index is 0.901. The maximum absolute atomic E-state index is 6.37. The second-order valence-corrected chi connectivity index (χ2v) is 13.3. The molecule has 9 aromatic carbocycles. The Labute approximate surface area is 289 Å². The first-order valence-corrected chi connectivity index (χ1v) is 17.2. The van der Waals surface area contributed by atoms with E-state index in [1.807, 2.05) is 0 Å². The van der Waals surface area contributed by atoms with Crippen LogP contribution in [0, 0.1) is 0 Å². The summed E-state index contributed by atoms with van der Waals surface area (Å²) in [5.41, 5.74) is 10.7. The standard InChI is InChI=1S/C48H29NO/c1-3-14-38-31(8-1)20-25-42-47(38)48-39-15-4-2-9-32(39)21-26-43(48)49(42)37-23-18-30(19-24-37)34-12-5-13-35(28-34)36-22-27-44-41(29-36)40-16-6-10-33-11-7-17-45(50-44)46(33)40/h1-29H. The Morgan fingerprint density at radius 3 is 1.64 bits per heavy atom. The van der Waals surface area contributed by atoms with Crippen LogP contribution in [-0.2, 0) is 0 Å². The van der Waals surface area contributed by atoms with Crippen molar-refractivity contribution >= 4 is 54.1 Å². The zero-order valence-electron chi connectivity index (χ0n) is 27.1. The van der Waals surface area contributed by atoms with Gasteiger partial charge < -0.3 is 9.30 Å². The highest BCUT2D eigenvalue weighted by molar-refractivity contribution is 6.28. The Morgan fingerprint density at radius 2 is 0.920 bits per heavy atom. The largest absolute Gasteiger partial charge is 0.456 e. The zero-order valence-corrected chi connectivity index (χ0v) is 27.1. The number of aromatic nitrogens is 1. The maximum Gasteiger partial charge on any atom is 0.135 e. The fourth-order valence-corrected chi connectivity index (χ4v) is 8.25. The van der Waals surface area contributed by atoms with Crippen LogP contribution in [0.15, 0.2) is 176 Å². The van der Waals surface area contributed by atoms with Gasteiger partial charge in [-0.3, -0.25) is 0 Å². The van der Waals surface area contributed by atoms with Crippen LogP contribution in [0.2, 0.25) is 0 Å². The molecule has 1 aromatic heterocycles. The third-order valence-corrected chi connectivity index (χ3v) is 10.6. The van der Waals surface area contributed by atoms with Gasteiger partial charge in [-0.25, -0.2) is 0 Å². The fraction of sp³-hybridized carbons (Fsp3) is 0. The predicted molar refractivity (Wildman–Crippen MR) is 210 cm³/mol. The van der Waals surface area contributed by atoms with Crippen molar-refractivity contribution in [2.24, 2.45) is 0 Å². The molecule has 0 radical (unpaired) electrons. The van der Waals surface area contributed by atoms with Gasteiger partial charge in [-0.05, 0) is 103 Å². The molecule has 2 nitrogen and oxygen atoms in total. The Bertz CT molecular complexity index is 2900. The van der Waals surface area contributed by atoms with Crippen LogP contribution in [-0.4, -0.2) is 4.57 Å². The van der Waals surface area contributed by atoms with E-state index in [1.165, 1.54) is 81.9 Å². The van der Waals surface area contributed by atoms with Gasteiger partial charge in [-0.1, -0.05) is 127 Å². The summed E-state index contributed by atoms with van der Waals surface area (Å²) < 4.78 is 8.80. The van der Waals surface area contributed by atoms with E-state index in [-0.39, 0.29) is 0 Å². The smallest absolute Gasteiger partial charge is 0.135 e. The quantitative estimate of drug-likeness (QED) is 0.188. The molecule has 0 N–H and O–H groups in total. The third-order valence-electron chi connectivity index (χ3n) is 10.6. The molecule has 0 atom stereocenters. The molecule has 0 aliphatic carbocycles. The highest BCUT2D eigenvalue weighted by Crippen LogP contribution is 2.48. The summed E-state index contributed by atoms with van der Waals surface area (Å²) in [6.07, 6.45) is 0. The van der Waals surface area contributed by atoms with E-state index in [0.29, 0.717) is 0 Å². The first-order valence-electron chi connectivity index (χ1n) is 17.2. The monoisotopic (exact) mass is 635 g/mol. The van der Waals surface area contributed by atoms with Gasteiger partial charge in [0.2, 0.25) is 0 Å². The van der Waals surface area contributed by atoms with Gasteiger partial charge in [-0.15, -0.1) is 0 Å². The number of rotatable bonds is 3. The highest BCUT2D eigenvalue weighted by Gasteiger charge is 2.21. The van der Waals surface area contributed by atoms with Crippen LogP contribution in [0.25, 0.3) is 93.2 Å². The van der Waals surface area contributed by atoms with Crippen molar-refractivity contribution in [2.45, 2.75) is 0 Å². The topological polar surface area (TPSA) is 14.2 Å². The molecule has 11 rings (SSSR count). The number of hydrogen-bond acceptors (Lipinski definition) is 1. The SMILES string of the molecule is c1cc(-c2ccc(-n3c4ccc5ccccc5c4c4c5ccccc5ccc43)cc2)cc(-c2ccc3c(c2)-c2cccc4cccc(c24)O3)c1. The number of nitrogens with zero attached hydrogens (tertiary/aromatic N) is 1. The van der Waals surface area contributed by atoms with Gasteiger partial charge in [0, 0.05) is 27.4 Å². The lowest BCUT2D eigenvalue weighted by atomic mass is 9.91. The maximum atomic E-state index is 6.37. The Kier molecular flexibility index (Phi) is 5.70. The van der Waals surface area contributed by atoms with E-state index in [4.69, 9.17) is 4.74 Å². The van der Waals surface area contributed by atoms with E-state index in [9.17, 15) is 0 Å². The molecule has 0 bridgehead atoms. The molecule has 1 aliphatic heterocycles. The van der Waals surface area contributed by atoms with Crippen molar-refractivity contribution in [3.8, 4) is 50.6 Å². The second-order valence-electron chi connectivity index (χ2n) is 13.3. The van der Waals surface area contributed by atoms with Crippen LogP contribution in [0.1, 0.15) is 0 Å². The first kappa shape index (κ1) is 27.3. The van der Waals surface area contributed by atoms with Gasteiger partial charge in [0.15, 0.2) is 0 Å². The molecule has 0 amide bonds. The second kappa shape index (κ2) is 10.4. The molecule has 0 unspecified atom stereocenters. The van der Waals surface area contributed by atoms with Crippen molar-refractivity contribution in [3.05, 3.63) is 176 Å². The van der Waals surface area contributed by atoms with Gasteiger partial charge >= 0.3 is 0 Å². The summed E-state index contributed by atoms with van der Waals surface area (Å²) in [7, 11) is 0. The third kappa shape index (κ3) is 3.96. The summed E-state index contributed by atoms with van der Waals surface area (Å²) in [5, 5.41) is 10.1. The molecule has 0 saturated heterocycles. The normalized spacial score (nSPS) is 12.2. The Hall–Kier alpha value is -6.64. The number of hydrogen-bond donors (Lipinski definition) is 0. The molecular formula is C48H29NO. The molecule has 0 saturated carbocycles. The highest BCUT2D eigenvalue weighted by atomic mass is 16.5. The molecule has 1 aliphatic rings. The van der Waals surface area contributed by atoms with Gasteiger partial charge in [-0.2, -0.15) is 0 Å². The van der Waals surface area contributed by atoms with E-state index >= 15 is 0 Å². The van der Waals surface area contributed by atoms with Crippen molar-refractivity contribution in [2.75, 3.05) is 0 Å². The van der Waals surface area contributed by atoms with Crippen LogP contribution < -0.4 is 4.74 Å². The summed E-state index contributed by atoms with van der Waals surface area (Å²) in [5.74, 6) is 1.82. The molecule has 2 heteroatoms. The lowest BCUT2D eigenvalue weighted by Crippen LogP contribution is -1.97. The van der Waals surface area contributed by atoms with E-state index in [1.54, 1.807) is 0 Å². The summed E-state index contributed by atoms with van der Waals surface area (Å²) in [6.45, 7) is 0. The number of fused-ring (bicyclic) bond motifs is 9. The van der Waals surface area contributed by atoms with E-state index < -0.39 is 0 Å². The Balaban J connectivity index is 1.02. The summed E-state index contributed by atoms with van der Waals surface area (Å²) in [4.78, 5) is 0. The fourth-order valence-electron chi connectivity index (χ4n) is 8.25. The molecule has 50 heavy (non-hydrogen) atoms. The van der Waals surface area contributed by atoms with E-state index in [0.717, 1.165) is 22.7 Å². The number of benzene rings is 9. The van der Waals surface area contributed by atoms with Gasteiger partial charge in [0.05, 0.1) is 11.0 Å². The number of ether oxygens (including phenoxy) is 1. The first-order chi connectivity index (χ1) is 24.8. The van der Waals surface area contributed by atoms with Crippen molar-refractivity contribution in [1.29, 1.82) is 0 Å². The lowest BCUT2D eigenvalue weighted by Gasteiger charge is -2.22. The van der Waals surface area contributed by atoms with Crippen LogP contribution in [0.5, 0.6) is 11.5 Å². The molecule has 0 fully saturated rings. The summed E-state index contributed by atoms with van der Waals surface area (Å²) in [6, 6.07) is 63.8. The predicted octanol–water partition coefficient (Wildman–Crippen LogP) is 13.3. The molecular weight excluding hydrogens is 607 g/mol. The van der Waals surface area contributed by atoms with Crippen LogP contribution in [0.4, 0.5) is 0 Å². The van der Waals surface area contributed by atoms with Crippen LogP contribution in [0.3, 0.4) is 0 Å². The van der Waals surface area contributed by atoms with Crippen molar-refractivity contribution < 1.29 is 4.74 Å². The van der Waals surface area contributed by atoms with Gasteiger partial charge in [0.25, 0.3) is 0 Å². The average molecular weight is 636 g/mol. The minimum Gasteiger partial charge on any atom is -0.456 e. The molecule has 2 heterocycles. The summed E-state index contributed by atoms with van der Waals surface area (Å²) >= 11 is 0. The zero-order chi connectivity index (χ0) is 32.8. The van der Waals surface area contributed by atoms with Crippen molar-refractivity contribution in [1.82, 2.24) is 4.57 Å². The van der Waals surface area contributed by atoms with Crippen LogP contribution >= 0.6 is 0 Å².